The Labute approximate surface area is 167 Å². The van der Waals surface area contributed by atoms with Crippen LogP contribution >= 0.6 is 0 Å². The zero-order chi connectivity index (χ0) is 20.5. The van der Waals surface area contributed by atoms with Crippen molar-refractivity contribution in [2.24, 2.45) is 11.8 Å². The lowest BCUT2D eigenvalue weighted by Crippen LogP contribution is -2.56. The van der Waals surface area contributed by atoms with Crippen LogP contribution in [0, 0.1) is 17.7 Å². The van der Waals surface area contributed by atoms with E-state index in [1.165, 1.54) is 22.5 Å². The van der Waals surface area contributed by atoms with Crippen LogP contribution in [0.15, 0.2) is 29.2 Å². The molecular weight excluding hydrogens is 381 g/mol. The van der Waals surface area contributed by atoms with Gasteiger partial charge >= 0.3 is 0 Å². The molecule has 0 saturated carbocycles. The van der Waals surface area contributed by atoms with Gasteiger partial charge in [-0.1, -0.05) is 19.9 Å². The highest BCUT2D eigenvalue weighted by Crippen LogP contribution is 2.23. The first-order valence-corrected chi connectivity index (χ1v) is 11.4. The molecular formula is C20H30FN3O3S. The third kappa shape index (κ3) is 4.55. The molecule has 2 saturated heterocycles. The smallest absolute Gasteiger partial charge is 0.243 e. The van der Waals surface area contributed by atoms with E-state index in [4.69, 9.17) is 0 Å². The molecule has 2 heterocycles. The first-order valence-electron chi connectivity index (χ1n) is 9.97. The Morgan fingerprint density at radius 2 is 1.71 bits per heavy atom. The third-order valence-corrected chi connectivity index (χ3v) is 7.69. The summed E-state index contributed by atoms with van der Waals surface area (Å²) in [7, 11) is -3.72. The summed E-state index contributed by atoms with van der Waals surface area (Å²) in [5.41, 5.74) is 0. The van der Waals surface area contributed by atoms with Crippen LogP contribution in [0.1, 0.15) is 27.2 Å². The van der Waals surface area contributed by atoms with Crippen LogP contribution < -0.4 is 0 Å². The third-order valence-electron chi connectivity index (χ3n) is 5.79. The lowest BCUT2D eigenvalue weighted by molar-refractivity contribution is -0.139. The molecule has 156 valence electrons. The molecule has 0 aliphatic carbocycles. The highest BCUT2D eigenvalue weighted by atomic mass is 32.2. The molecule has 2 aliphatic heterocycles. The highest BCUT2D eigenvalue weighted by molar-refractivity contribution is 7.89. The average Bonchev–Trinajstić information content (AvgIpc) is 2.66. The van der Waals surface area contributed by atoms with Gasteiger partial charge in [0.05, 0.1) is 10.9 Å². The maximum Gasteiger partial charge on any atom is 0.243 e. The fourth-order valence-electron chi connectivity index (χ4n) is 4.37. The van der Waals surface area contributed by atoms with Gasteiger partial charge in [-0.2, -0.15) is 4.31 Å². The van der Waals surface area contributed by atoms with Crippen molar-refractivity contribution < 1.29 is 17.6 Å². The van der Waals surface area contributed by atoms with Gasteiger partial charge in [0.2, 0.25) is 15.9 Å². The number of likely N-dealkylation sites (tertiary alicyclic amines) is 1. The average molecular weight is 412 g/mol. The van der Waals surface area contributed by atoms with E-state index in [9.17, 15) is 17.6 Å². The number of hydrogen-bond donors (Lipinski definition) is 0. The molecule has 6 nitrogen and oxygen atoms in total. The Morgan fingerprint density at radius 1 is 1.11 bits per heavy atom. The normalized spacial score (nSPS) is 26.2. The largest absolute Gasteiger partial charge is 0.341 e. The molecule has 1 amide bonds. The number of hydrogen-bond acceptors (Lipinski definition) is 4. The minimum Gasteiger partial charge on any atom is -0.341 e. The van der Waals surface area contributed by atoms with E-state index < -0.39 is 15.8 Å². The van der Waals surface area contributed by atoms with E-state index in [1.807, 2.05) is 16.7 Å². The van der Waals surface area contributed by atoms with Crippen molar-refractivity contribution in [3.05, 3.63) is 30.1 Å². The molecule has 28 heavy (non-hydrogen) atoms. The van der Waals surface area contributed by atoms with Crippen LogP contribution in [0.3, 0.4) is 0 Å². The second-order valence-corrected chi connectivity index (χ2v) is 10.2. The van der Waals surface area contributed by atoms with Gasteiger partial charge in [0, 0.05) is 39.3 Å². The maximum atomic E-state index is 13.4. The van der Waals surface area contributed by atoms with Crippen molar-refractivity contribution in [2.45, 2.75) is 38.1 Å². The number of benzene rings is 1. The first-order chi connectivity index (χ1) is 13.2. The number of nitrogens with zero attached hydrogens (tertiary/aromatic N) is 3. The Kier molecular flexibility index (Phi) is 6.41. The Balaban J connectivity index is 1.61. The monoisotopic (exact) mass is 411 g/mol. The van der Waals surface area contributed by atoms with Crippen molar-refractivity contribution in [1.82, 2.24) is 14.1 Å². The van der Waals surface area contributed by atoms with E-state index in [-0.39, 0.29) is 16.8 Å². The minimum atomic E-state index is -3.72. The van der Waals surface area contributed by atoms with Gasteiger partial charge in [0.25, 0.3) is 0 Å². The number of amides is 1. The van der Waals surface area contributed by atoms with Crippen molar-refractivity contribution in [3.8, 4) is 0 Å². The second kappa shape index (κ2) is 8.47. The van der Waals surface area contributed by atoms with Crippen LogP contribution in [0.5, 0.6) is 0 Å². The van der Waals surface area contributed by atoms with Crippen LogP contribution in [0.2, 0.25) is 0 Å². The van der Waals surface area contributed by atoms with E-state index >= 15 is 0 Å². The number of piperidine rings is 1. The molecule has 0 radical (unpaired) electrons. The highest BCUT2D eigenvalue weighted by Gasteiger charge is 2.35. The summed E-state index contributed by atoms with van der Waals surface area (Å²) in [4.78, 5) is 16.9. The van der Waals surface area contributed by atoms with Crippen molar-refractivity contribution in [1.29, 1.82) is 0 Å². The van der Waals surface area contributed by atoms with E-state index in [0.29, 0.717) is 38.0 Å². The number of carbonyl (C=O) groups excluding carboxylic acids is 1. The van der Waals surface area contributed by atoms with Crippen molar-refractivity contribution in [2.75, 3.05) is 39.3 Å². The standard InChI is InChI=1S/C20H30FN3O3S/c1-15-11-16(2)14-23(13-15)20(25)17(3)22-7-9-24(10-8-22)28(26,27)19-6-4-5-18(21)12-19/h4-6,12,15-17H,7-11,13-14H2,1-3H3/t15-,16-,17+/m0/s1. The molecule has 3 atom stereocenters. The number of rotatable bonds is 4. The quantitative estimate of drug-likeness (QED) is 0.761. The molecule has 2 aliphatic rings. The Bertz CT molecular complexity index is 799. The summed E-state index contributed by atoms with van der Waals surface area (Å²) in [6.07, 6.45) is 1.15. The molecule has 0 spiro atoms. The molecule has 1 aromatic rings. The van der Waals surface area contributed by atoms with Crippen molar-refractivity contribution >= 4 is 15.9 Å². The second-order valence-electron chi connectivity index (χ2n) is 8.26. The summed E-state index contributed by atoms with van der Waals surface area (Å²) >= 11 is 0. The van der Waals surface area contributed by atoms with Crippen LogP contribution in [0.25, 0.3) is 0 Å². The summed E-state index contributed by atoms with van der Waals surface area (Å²) in [5.74, 6) is 0.574. The van der Waals surface area contributed by atoms with Crippen LogP contribution in [-0.2, 0) is 14.8 Å². The summed E-state index contributed by atoms with van der Waals surface area (Å²) in [6.45, 7) is 9.41. The lowest BCUT2D eigenvalue weighted by atomic mass is 9.91. The zero-order valence-electron chi connectivity index (χ0n) is 16.8. The Morgan fingerprint density at radius 3 is 2.29 bits per heavy atom. The predicted molar refractivity (Wildman–Crippen MR) is 106 cm³/mol. The molecule has 0 N–H and O–H groups in total. The minimum absolute atomic E-state index is 0.0265. The molecule has 1 aromatic carbocycles. The fourth-order valence-corrected chi connectivity index (χ4v) is 5.83. The summed E-state index contributed by atoms with van der Waals surface area (Å²) < 4.78 is 40.3. The zero-order valence-corrected chi connectivity index (χ0v) is 17.7. The summed E-state index contributed by atoms with van der Waals surface area (Å²) in [5, 5.41) is 0. The summed E-state index contributed by atoms with van der Waals surface area (Å²) in [6, 6.07) is 4.82. The van der Waals surface area contributed by atoms with Gasteiger partial charge < -0.3 is 4.90 Å². The van der Waals surface area contributed by atoms with Gasteiger partial charge in [-0.15, -0.1) is 0 Å². The SMILES string of the molecule is C[C@H]1C[C@H](C)CN(C(=O)[C@@H](C)N2CCN(S(=O)(=O)c3cccc(F)c3)CC2)C1. The predicted octanol–water partition coefficient (Wildman–Crippen LogP) is 2.02. The van der Waals surface area contributed by atoms with Crippen LogP contribution in [0.4, 0.5) is 4.39 Å². The number of carbonyl (C=O) groups is 1. The van der Waals surface area contributed by atoms with E-state index in [1.54, 1.807) is 0 Å². The topological polar surface area (TPSA) is 60.9 Å². The fraction of sp³-hybridized carbons (Fsp3) is 0.650. The van der Waals surface area contributed by atoms with Gasteiger partial charge in [-0.25, -0.2) is 12.8 Å². The van der Waals surface area contributed by atoms with Gasteiger partial charge in [0.15, 0.2) is 0 Å². The number of piperazine rings is 1. The van der Waals surface area contributed by atoms with Gasteiger partial charge in [-0.05, 0) is 43.4 Å². The molecule has 0 aromatic heterocycles. The van der Waals surface area contributed by atoms with Crippen LogP contribution in [-0.4, -0.2) is 73.7 Å². The number of halogens is 1. The maximum absolute atomic E-state index is 13.4. The van der Waals surface area contributed by atoms with Crippen molar-refractivity contribution in [3.63, 3.8) is 0 Å². The Hall–Kier alpha value is -1.51. The van der Waals surface area contributed by atoms with Gasteiger partial charge in [-0.3, -0.25) is 9.69 Å². The van der Waals surface area contributed by atoms with E-state index in [2.05, 4.69) is 13.8 Å². The molecule has 2 fully saturated rings. The molecule has 8 heteroatoms. The molecule has 0 unspecified atom stereocenters. The molecule has 3 rings (SSSR count). The lowest BCUT2D eigenvalue weighted by Gasteiger charge is -2.41. The van der Waals surface area contributed by atoms with E-state index in [0.717, 1.165) is 25.6 Å². The number of sulfonamides is 1. The first kappa shape index (κ1) is 21.2. The van der Waals surface area contributed by atoms with Gasteiger partial charge in [0.1, 0.15) is 5.82 Å². The molecule has 0 bridgehead atoms.